The van der Waals surface area contributed by atoms with Crippen molar-refractivity contribution in [3.8, 4) is 0 Å². The van der Waals surface area contributed by atoms with E-state index in [1.54, 1.807) is 0 Å². The smallest absolute Gasteiger partial charge is 0.136 e. The van der Waals surface area contributed by atoms with Gasteiger partial charge in [0, 0.05) is 35.8 Å². The molecule has 2 unspecified atom stereocenters. The van der Waals surface area contributed by atoms with Crippen LogP contribution in [0.5, 0.6) is 0 Å². The molecule has 2 atom stereocenters. The van der Waals surface area contributed by atoms with Gasteiger partial charge in [0.15, 0.2) is 0 Å². The first-order chi connectivity index (χ1) is 9.81. The molecule has 2 aromatic heterocycles. The summed E-state index contributed by atoms with van der Waals surface area (Å²) in [6.07, 6.45) is 8.11. The maximum absolute atomic E-state index is 4.52. The summed E-state index contributed by atoms with van der Waals surface area (Å²) in [4.78, 5) is 7.20. The van der Waals surface area contributed by atoms with E-state index in [-0.39, 0.29) is 0 Å². The van der Waals surface area contributed by atoms with Crippen LogP contribution in [0, 0.1) is 0 Å². The minimum atomic E-state index is 0.695. The first-order valence-corrected chi connectivity index (χ1v) is 8.18. The van der Waals surface area contributed by atoms with E-state index in [0.717, 1.165) is 35.8 Å². The van der Waals surface area contributed by atoms with Gasteiger partial charge in [0.1, 0.15) is 5.65 Å². The fourth-order valence-corrected chi connectivity index (χ4v) is 3.99. The lowest BCUT2D eigenvalue weighted by Gasteiger charge is -2.27. The van der Waals surface area contributed by atoms with Crippen molar-refractivity contribution < 1.29 is 0 Å². The van der Waals surface area contributed by atoms with Gasteiger partial charge in [-0.1, -0.05) is 0 Å². The van der Waals surface area contributed by atoms with Gasteiger partial charge in [-0.3, -0.25) is 4.90 Å². The van der Waals surface area contributed by atoms with Crippen molar-refractivity contribution in [3.63, 3.8) is 0 Å². The SMILES string of the molecule is Brc1ccc2ncc(CN3C4CCNCC3CC4)n2c1. The topological polar surface area (TPSA) is 32.6 Å². The van der Waals surface area contributed by atoms with Crippen molar-refractivity contribution in [2.24, 2.45) is 0 Å². The molecule has 106 valence electrons. The third kappa shape index (κ3) is 2.18. The zero-order valence-electron chi connectivity index (χ0n) is 11.4. The molecule has 2 saturated heterocycles. The molecule has 2 bridgehead atoms. The highest BCUT2D eigenvalue weighted by molar-refractivity contribution is 9.10. The van der Waals surface area contributed by atoms with Gasteiger partial charge >= 0.3 is 0 Å². The average Bonchev–Trinajstić information content (AvgIpc) is 2.91. The van der Waals surface area contributed by atoms with Crippen molar-refractivity contribution in [1.29, 1.82) is 0 Å². The van der Waals surface area contributed by atoms with Crippen LogP contribution < -0.4 is 5.32 Å². The Hall–Kier alpha value is -0.910. The number of fused-ring (bicyclic) bond motifs is 3. The Morgan fingerprint density at radius 1 is 1.25 bits per heavy atom. The number of imidazole rings is 1. The van der Waals surface area contributed by atoms with E-state index in [1.165, 1.54) is 25.0 Å². The predicted octanol–water partition coefficient (Wildman–Crippen LogP) is 2.42. The highest BCUT2D eigenvalue weighted by atomic mass is 79.9. The summed E-state index contributed by atoms with van der Waals surface area (Å²) in [5.74, 6) is 0. The molecule has 0 aliphatic carbocycles. The van der Waals surface area contributed by atoms with Crippen molar-refractivity contribution in [3.05, 3.63) is 34.7 Å². The Balaban J connectivity index is 1.65. The Morgan fingerprint density at radius 3 is 3.10 bits per heavy atom. The quantitative estimate of drug-likeness (QED) is 0.915. The number of nitrogens with one attached hydrogen (secondary N) is 1. The van der Waals surface area contributed by atoms with Crippen molar-refractivity contribution in [2.75, 3.05) is 13.1 Å². The fraction of sp³-hybridized carbons (Fsp3) is 0.533. The van der Waals surface area contributed by atoms with Gasteiger partial charge < -0.3 is 9.72 Å². The summed E-state index contributed by atoms with van der Waals surface area (Å²) in [7, 11) is 0. The normalized spacial score (nSPS) is 27.1. The van der Waals surface area contributed by atoms with Crippen molar-refractivity contribution in [1.82, 2.24) is 19.6 Å². The van der Waals surface area contributed by atoms with Crippen LogP contribution in [-0.2, 0) is 6.54 Å². The van der Waals surface area contributed by atoms with Crippen LogP contribution in [0.4, 0.5) is 0 Å². The third-order valence-corrected chi connectivity index (χ3v) is 5.17. The summed E-state index contributed by atoms with van der Waals surface area (Å²) < 4.78 is 3.31. The van der Waals surface area contributed by atoms with Gasteiger partial charge in [-0.15, -0.1) is 0 Å². The van der Waals surface area contributed by atoms with Crippen LogP contribution >= 0.6 is 15.9 Å². The zero-order valence-corrected chi connectivity index (χ0v) is 13.0. The fourth-order valence-electron chi connectivity index (χ4n) is 3.65. The van der Waals surface area contributed by atoms with Crippen molar-refractivity contribution >= 4 is 21.6 Å². The summed E-state index contributed by atoms with van der Waals surface area (Å²) in [6.45, 7) is 3.31. The number of hydrogen-bond acceptors (Lipinski definition) is 3. The first kappa shape index (κ1) is 12.8. The largest absolute Gasteiger partial charge is 0.315 e. The van der Waals surface area contributed by atoms with E-state index in [2.05, 4.69) is 47.8 Å². The van der Waals surface area contributed by atoms with Crippen LogP contribution in [0.3, 0.4) is 0 Å². The molecule has 4 heterocycles. The first-order valence-electron chi connectivity index (χ1n) is 7.39. The van der Waals surface area contributed by atoms with E-state index >= 15 is 0 Å². The Bertz CT molecular complexity index is 609. The highest BCUT2D eigenvalue weighted by Crippen LogP contribution is 2.29. The monoisotopic (exact) mass is 334 g/mol. The van der Waals surface area contributed by atoms with Gasteiger partial charge in [0.2, 0.25) is 0 Å². The molecule has 4 rings (SSSR count). The van der Waals surface area contributed by atoms with Gasteiger partial charge in [0.25, 0.3) is 0 Å². The number of aromatic nitrogens is 2. The van der Waals surface area contributed by atoms with Gasteiger partial charge in [-0.05, 0) is 53.9 Å². The number of rotatable bonds is 2. The maximum Gasteiger partial charge on any atom is 0.136 e. The summed E-state index contributed by atoms with van der Waals surface area (Å²) in [5, 5.41) is 3.56. The van der Waals surface area contributed by atoms with Gasteiger partial charge in [-0.2, -0.15) is 0 Å². The summed E-state index contributed by atoms with van der Waals surface area (Å²) >= 11 is 3.55. The molecular formula is C15H19BrN4. The average molecular weight is 335 g/mol. The second-order valence-electron chi connectivity index (χ2n) is 5.88. The number of pyridine rings is 1. The standard InChI is InChI=1S/C15H19BrN4/c16-11-1-4-15-18-8-14(20(15)9-11)10-19-12-2-3-13(19)7-17-6-5-12/h1,4,8-9,12-13,17H,2-3,5-7,10H2. The molecular weight excluding hydrogens is 316 g/mol. The molecule has 1 N–H and O–H groups in total. The van der Waals surface area contributed by atoms with Crippen molar-refractivity contribution in [2.45, 2.75) is 37.9 Å². The van der Waals surface area contributed by atoms with E-state index in [0.29, 0.717) is 6.04 Å². The molecule has 0 aromatic carbocycles. The minimum absolute atomic E-state index is 0.695. The van der Waals surface area contributed by atoms with Crippen LogP contribution in [0.1, 0.15) is 25.0 Å². The zero-order chi connectivity index (χ0) is 13.5. The molecule has 2 aromatic rings. The molecule has 0 spiro atoms. The molecule has 2 fully saturated rings. The minimum Gasteiger partial charge on any atom is -0.315 e. The Labute approximate surface area is 127 Å². The molecule has 5 heteroatoms. The number of nitrogens with zero attached hydrogens (tertiary/aromatic N) is 3. The van der Waals surface area contributed by atoms with E-state index in [1.807, 2.05) is 12.3 Å². The Kier molecular flexibility index (Phi) is 3.28. The second-order valence-corrected chi connectivity index (χ2v) is 6.79. The second kappa shape index (κ2) is 5.13. The predicted molar refractivity (Wildman–Crippen MR) is 82.7 cm³/mol. The number of halogens is 1. The molecule has 2 aliphatic heterocycles. The van der Waals surface area contributed by atoms with Crippen LogP contribution in [0.15, 0.2) is 29.0 Å². The van der Waals surface area contributed by atoms with E-state index < -0.39 is 0 Å². The summed E-state index contributed by atoms with van der Waals surface area (Å²) in [5.41, 5.74) is 2.32. The lowest BCUT2D eigenvalue weighted by Crippen LogP contribution is -2.37. The number of hydrogen-bond donors (Lipinski definition) is 1. The lowest BCUT2D eigenvalue weighted by atomic mass is 10.1. The lowest BCUT2D eigenvalue weighted by molar-refractivity contribution is 0.190. The Morgan fingerprint density at radius 2 is 2.15 bits per heavy atom. The molecule has 0 radical (unpaired) electrons. The molecule has 0 saturated carbocycles. The molecule has 4 nitrogen and oxygen atoms in total. The molecule has 2 aliphatic rings. The van der Waals surface area contributed by atoms with Gasteiger partial charge in [-0.25, -0.2) is 4.98 Å². The van der Waals surface area contributed by atoms with Crippen LogP contribution in [0.2, 0.25) is 0 Å². The third-order valence-electron chi connectivity index (χ3n) is 4.70. The molecule has 20 heavy (non-hydrogen) atoms. The van der Waals surface area contributed by atoms with E-state index in [4.69, 9.17) is 0 Å². The molecule has 0 amide bonds. The summed E-state index contributed by atoms with van der Waals surface area (Å²) in [6, 6.07) is 5.55. The van der Waals surface area contributed by atoms with E-state index in [9.17, 15) is 0 Å². The highest BCUT2D eigenvalue weighted by Gasteiger charge is 2.34. The van der Waals surface area contributed by atoms with Crippen LogP contribution in [0.25, 0.3) is 5.65 Å². The van der Waals surface area contributed by atoms with Crippen LogP contribution in [-0.4, -0.2) is 39.5 Å². The van der Waals surface area contributed by atoms with Gasteiger partial charge in [0.05, 0.1) is 11.9 Å². The maximum atomic E-state index is 4.52.